The van der Waals surface area contributed by atoms with Crippen LogP contribution in [0, 0.1) is 0 Å². The van der Waals surface area contributed by atoms with Gasteiger partial charge in [0.2, 0.25) is 9.84 Å². The van der Waals surface area contributed by atoms with Crippen LogP contribution in [0.15, 0.2) is 88.7 Å². The molecule has 0 amide bonds. The summed E-state index contributed by atoms with van der Waals surface area (Å²) in [5.74, 6) is 1.80. The number of methoxy groups -OCH3 is 1. The molecule has 0 saturated carbocycles. The van der Waals surface area contributed by atoms with Crippen LogP contribution in [0.3, 0.4) is 0 Å². The van der Waals surface area contributed by atoms with Crippen LogP contribution in [0.2, 0.25) is 0 Å². The van der Waals surface area contributed by atoms with Crippen molar-refractivity contribution in [1.82, 2.24) is 0 Å². The Morgan fingerprint density at radius 1 is 0.903 bits per heavy atom. The van der Waals surface area contributed by atoms with E-state index in [0.29, 0.717) is 22.8 Å². The summed E-state index contributed by atoms with van der Waals surface area (Å²) in [6.07, 6.45) is 2.19. The molecule has 1 heterocycles. The Balaban J connectivity index is 1.73. The van der Waals surface area contributed by atoms with Crippen LogP contribution in [0.4, 0.5) is 0 Å². The van der Waals surface area contributed by atoms with Gasteiger partial charge in [-0.2, -0.15) is 11.8 Å². The summed E-state index contributed by atoms with van der Waals surface area (Å²) in [5.41, 5.74) is 2.96. The highest BCUT2D eigenvalue weighted by Gasteiger charge is 2.35. The van der Waals surface area contributed by atoms with Crippen LogP contribution >= 0.6 is 11.8 Å². The highest BCUT2D eigenvalue weighted by atomic mass is 32.2. The molecule has 0 radical (unpaired) electrons. The first-order valence-electron chi connectivity index (χ1n) is 9.96. The molecule has 4 nitrogen and oxygen atoms in total. The summed E-state index contributed by atoms with van der Waals surface area (Å²) >= 11 is 1.65. The van der Waals surface area contributed by atoms with Gasteiger partial charge in [-0.05, 0) is 41.6 Å². The van der Waals surface area contributed by atoms with Gasteiger partial charge in [0, 0.05) is 17.7 Å². The maximum Gasteiger partial charge on any atom is 0.206 e. The molecule has 31 heavy (non-hydrogen) atoms. The van der Waals surface area contributed by atoms with E-state index in [1.807, 2.05) is 48.7 Å². The monoisotopic (exact) mass is 452 g/mol. The average Bonchev–Trinajstić information content (AvgIpc) is 3.25. The Hall–Kier alpha value is -2.70. The number of thioether (sulfide) groups is 1. The molecule has 0 aliphatic carbocycles. The van der Waals surface area contributed by atoms with Gasteiger partial charge in [0.25, 0.3) is 0 Å². The topological polar surface area (TPSA) is 52.6 Å². The van der Waals surface area contributed by atoms with Gasteiger partial charge in [-0.3, -0.25) is 0 Å². The lowest BCUT2D eigenvalue weighted by atomic mass is 10.0. The number of hydrogen-bond donors (Lipinski definition) is 0. The van der Waals surface area contributed by atoms with Crippen LogP contribution in [0.1, 0.15) is 12.0 Å². The molecule has 1 unspecified atom stereocenters. The summed E-state index contributed by atoms with van der Waals surface area (Å²) in [6.45, 7) is 0. The molecule has 4 rings (SSSR count). The number of rotatable bonds is 7. The summed E-state index contributed by atoms with van der Waals surface area (Å²) in [6, 6.07) is 24.4. The van der Waals surface area contributed by atoms with E-state index in [9.17, 15) is 8.42 Å². The molecular formula is C25H24O4S2. The van der Waals surface area contributed by atoms with Crippen molar-refractivity contribution in [2.45, 2.75) is 17.4 Å². The van der Waals surface area contributed by atoms with Gasteiger partial charge >= 0.3 is 0 Å². The maximum absolute atomic E-state index is 13.5. The first-order valence-corrected chi connectivity index (χ1v) is 12.8. The van der Waals surface area contributed by atoms with Crippen molar-refractivity contribution >= 4 is 27.4 Å². The highest BCUT2D eigenvalue weighted by Crippen LogP contribution is 2.40. The second kappa shape index (κ2) is 9.20. The van der Waals surface area contributed by atoms with Crippen molar-refractivity contribution in [2.75, 3.05) is 19.1 Å². The van der Waals surface area contributed by atoms with E-state index in [0.717, 1.165) is 22.4 Å². The van der Waals surface area contributed by atoms with E-state index >= 15 is 0 Å². The van der Waals surface area contributed by atoms with Crippen molar-refractivity contribution in [3.05, 3.63) is 89.3 Å². The Labute approximate surface area is 187 Å². The first kappa shape index (κ1) is 21.5. The van der Waals surface area contributed by atoms with Crippen LogP contribution in [0.5, 0.6) is 5.75 Å². The number of hydrogen-bond acceptors (Lipinski definition) is 5. The van der Waals surface area contributed by atoms with Gasteiger partial charge in [-0.15, -0.1) is 0 Å². The molecule has 0 bridgehead atoms. The van der Waals surface area contributed by atoms with Gasteiger partial charge in [0.05, 0.1) is 16.9 Å². The van der Waals surface area contributed by atoms with Crippen LogP contribution in [0.25, 0.3) is 16.9 Å². The molecule has 0 aromatic heterocycles. The second-order valence-corrected chi connectivity index (χ2v) is 10.2. The third-order valence-corrected chi connectivity index (χ3v) is 7.85. The Morgan fingerprint density at radius 3 is 2.13 bits per heavy atom. The van der Waals surface area contributed by atoms with Crippen molar-refractivity contribution in [3.8, 4) is 16.9 Å². The molecule has 1 atom stereocenters. The number of benzene rings is 3. The third-order valence-electron chi connectivity index (χ3n) is 5.25. The lowest BCUT2D eigenvalue weighted by Gasteiger charge is -2.12. The van der Waals surface area contributed by atoms with Gasteiger partial charge in [0.15, 0.2) is 0 Å². The fourth-order valence-electron chi connectivity index (χ4n) is 3.65. The van der Waals surface area contributed by atoms with Gasteiger partial charge in [-0.25, -0.2) is 8.42 Å². The molecule has 0 N–H and O–H groups in total. The zero-order valence-corrected chi connectivity index (χ0v) is 19.1. The van der Waals surface area contributed by atoms with Gasteiger partial charge in [0.1, 0.15) is 17.6 Å². The second-order valence-electron chi connectivity index (χ2n) is 7.27. The molecule has 0 spiro atoms. The van der Waals surface area contributed by atoms with E-state index < -0.39 is 9.84 Å². The standard InChI is InChI=1S/C25H24O4S2/c1-28-21-12-14-23(15-13-21)31(26,27)24-16-22(17-30-2)29-25(24)20-10-8-19(9-11-20)18-6-4-3-5-7-18/h3-15,22H,16-17H2,1-2H3. The van der Waals surface area contributed by atoms with Gasteiger partial charge in [-0.1, -0.05) is 54.6 Å². The number of sulfone groups is 1. The number of ether oxygens (including phenoxy) is 2. The summed E-state index contributed by atoms with van der Waals surface area (Å²) in [5, 5.41) is 0. The molecule has 0 fully saturated rings. The molecule has 6 heteroatoms. The molecule has 160 valence electrons. The fraction of sp³-hybridized carbons (Fsp3) is 0.200. The van der Waals surface area contributed by atoms with E-state index in [4.69, 9.17) is 9.47 Å². The third kappa shape index (κ3) is 4.50. The van der Waals surface area contributed by atoms with Crippen molar-refractivity contribution < 1.29 is 17.9 Å². The minimum Gasteiger partial charge on any atom is -0.497 e. The maximum atomic E-state index is 13.5. The molecule has 3 aromatic carbocycles. The molecule has 3 aromatic rings. The lowest BCUT2D eigenvalue weighted by Crippen LogP contribution is -2.11. The van der Waals surface area contributed by atoms with E-state index in [-0.39, 0.29) is 11.0 Å². The molecular weight excluding hydrogens is 428 g/mol. The lowest BCUT2D eigenvalue weighted by molar-refractivity contribution is 0.215. The zero-order valence-electron chi connectivity index (χ0n) is 17.4. The van der Waals surface area contributed by atoms with Crippen molar-refractivity contribution in [3.63, 3.8) is 0 Å². The Bertz CT molecular complexity index is 1170. The SMILES string of the molecule is COc1ccc(S(=O)(=O)C2=C(c3ccc(-c4ccccc4)cc3)OC(CSC)C2)cc1. The summed E-state index contributed by atoms with van der Waals surface area (Å²) in [7, 11) is -2.13. The summed E-state index contributed by atoms with van der Waals surface area (Å²) in [4.78, 5) is 0.583. The highest BCUT2D eigenvalue weighted by molar-refractivity contribution is 7.98. The van der Waals surface area contributed by atoms with E-state index in [1.54, 1.807) is 43.1 Å². The first-order chi connectivity index (χ1) is 15.0. The normalized spacial score (nSPS) is 16.3. The largest absolute Gasteiger partial charge is 0.497 e. The van der Waals surface area contributed by atoms with E-state index in [2.05, 4.69) is 12.1 Å². The minimum absolute atomic E-state index is 0.165. The quantitative estimate of drug-likeness (QED) is 0.463. The average molecular weight is 453 g/mol. The molecule has 1 aliphatic heterocycles. The Kier molecular flexibility index (Phi) is 6.39. The van der Waals surface area contributed by atoms with Crippen molar-refractivity contribution in [2.24, 2.45) is 0 Å². The van der Waals surface area contributed by atoms with Crippen molar-refractivity contribution in [1.29, 1.82) is 0 Å². The molecule has 0 saturated heterocycles. The summed E-state index contributed by atoms with van der Waals surface area (Å²) < 4.78 is 38.3. The van der Waals surface area contributed by atoms with Gasteiger partial charge < -0.3 is 9.47 Å². The minimum atomic E-state index is -3.68. The predicted octanol–water partition coefficient (Wildman–Crippen LogP) is 5.66. The molecule has 1 aliphatic rings. The Morgan fingerprint density at radius 2 is 1.52 bits per heavy atom. The van der Waals surface area contributed by atoms with Crippen LogP contribution in [-0.4, -0.2) is 33.6 Å². The van der Waals surface area contributed by atoms with Crippen LogP contribution in [-0.2, 0) is 14.6 Å². The predicted molar refractivity (Wildman–Crippen MR) is 127 cm³/mol. The van der Waals surface area contributed by atoms with Crippen LogP contribution < -0.4 is 4.74 Å². The smallest absolute Gasteiger partial charge is 0.206 e. The zero-order chi connectivity index (χ0) is 21.8. The van der Waals surface area contributed by atoms with E-state index in [1.165, 1.54) is 0 Å². The fourth-order valence-corrected chi connectivity index (χ4v) is 5.81.